The number of hydrogen-bond donors (Lipinski definition) is 0. The predicted octanol–water partition coefficient (Wildman–Crippen LogP) is 11.0. The van der Waals surface area contributed by atoms with E-state index in [4.69, 9.17) is 4.74 Å². The summed E-state index contributed by atoms with van der Waals surface area (Å²) in [6, 6.07) is 0. The monoisotopic (exact) mass is 466 g/mol. The summed E-state index contributed by atoms with van der Waals surface area (Å²) in [5.74, 6) is 0.626. The molecule has 2 heteroatoms. The fourth-order valence-corrected chi connectivity index (χ4v) is 4.78. The number of unbranched alkanes of at least 4 members (excludes halogenated alkanes) is 19. The lowest BCUT2D eigenvalue weighted by molar-refractivity contribution is -0.145. The fourth-order valence-electron chi connectivity index (χ4n) is 4.78. The summed E-state index contributed by atoms with van der Waals surface area (Å²) >= 11 is 0. The average Bonchev–Trinajstić information content (AvgIpc) is 2.82. The Kier molecular flexibility index (Phi) is 27.3. The first-order valence-corrected chi connectivity index (χ1v) is 15.4. The van der Waals surface area contributed by atoms with Gasteiger partial charge in [0.25, 0.3) is 0 Å². The molecule has 1 unspecified atom stereocenters. The molecular weight excluding hydrogens is 404 g/mol. The highest BCUT2D eigenvalue weighted by Crippen LogP contribution is 2.20. The molecule has 0 heterocycles. The first-order chi connectivity index (χ1) is 16.2. The van der Waals surface area contributed by atoms with Gasteiger partial charge in [-0.3, -0.25) is 4.79 Å². The summed E-state index contributed by atoms with van der Waals surface area (Å²) in [6.07, 6.45) is 32.4. The molecular formula is C31H62O2. The van der Waals surface area contributed by atoms with E-state index in [2.05, 4.69) is 20.8 Å². The van der Waals surface area contributed by atoms with Gasteiger partial charge in [-0.05, 0) is 25.2 Å². The molecule has 0 aromatic carbocycles. The molecule has 0 aliphatic rings. The molecule has 0 rings (SSSR count). The third kappa shape index (κ3) is 25.9. The average molecular weight is 467 g/mol. The minimum atomic E-state index is 0.0436. The minimum absolute atomic E-state index is 0.0436. The van der Waals surface area contributed by atoms with Gasteiger partial charge in [0.1, 0.15) is 0 Å². The van der Waals surface area contributed by atoms with Crippen LogP contribution in [0.3, 0.4) is 0 Å². The van der Waals surface area contributed by atoms with Crippen LogP contribution in [-0.4, -0.2) is 12.6 Å². The second kappa shape index (κ2) is 27.7. The van der Waals surface area contributed by atoms with Crippen LogP contribution in [0, 0.1) is 5.92 Å². The van der Waals surface area contributed by atoms with Gasteiger partial charge in [-0.1, -0.05) is 156 Å². The number of ether oxygens (including phenoxy) is 1. The molecule has 33 heavy (non-hydrogen) atoms. The summed E-state index contributed by atoms with van der Waals surface area (Å²) in [5, 5.41) is 0. The molecule has 0 aliphatic heterocycles. The molecule has 198 valence electrons. The van der Waals surface area contributed by atoms with E-state index in [0.29, 0.717) is 18.9 Å². The van der Waals surface area contributed by atoms with Crippen molar-refractivity contribution in [2.75, 3.05) is 6.61 Å². The normalized spacial score (nSPS) is 12.2. The highest BCUT2D eigenvalue weighted by Gasteiger charge is 2.12. The SMILES string of the molecule is CCCCCCCCCCCC(CCCCCCCCC)COC(=O)CCCCCCCC. The molecule has 0 spiro atoms. The van der Waals surface area contributed by atoms with Gasteiger partial charge in [0.05, 0.1) is 6.61 Å². The maximum Gasteiger partial charge on any atom is 0.305 e. The van der Waals surface area contributed by atoms with Crippen molar-refractivity contribution in [3.63, 3.8) is 0 Å². The lowest BCUT2D eigenvalue weighted by Gasteiger charge is -2.17. The Balaban J connectivity index is 3.99. The Morgan fingerprint density at radius 2 is 0.818 bits per heavy atom. The minimum Gasteiger partial charge on any atom is -0.465 e. The Bertz CT molecular complexity index is 379. The number of carbonyl (C=O) groups excluding carboxylic acids is 1. The first-order valence-electron chi connectivity index (χ1n) is 15.4. The predicted molar refractivity (Wildman–Crippen MR) is 147 cm³/mol. The van der Waals surface area contributed by atoms with Crippen molar-refractivity contribution in [3.05, 3.63) is 0 Å². The summed E-state index contributed by atoms with van der Waals surface area (Å²) < 4.78 is 5.74. The lowest BCUT2D eigenvalue weighted by Crippen LogP contribution is -2.14. The van der Waals surface area contributed by atoms with Gasteiger partial charge >= 0.3 is 5.97 Å². The van der Waals surface area contributed by atoms with Crippen molar-refractivity contribution < 1.29 is 9.53 Å². The van der Waals surface area contributed by atoms with Gasteiger partial charge in [-0.15, -0.1) is 0 Å². The van der Waals surface area contributed by atoms with Crippen LogP contribution in [-0.2, 0) is 9.53 Å². The molecule has 2 nitrogen and oxygen atoms in total. The first kappa shape index (κ1) is 32.5. The smallest absolute Gasteiger partial charge is 0.305 e. The Morgan fingerprint density at radius 1 is 0.485 bits per heavy atom. The van der Waals surface area contributed by atoms with Gasteiger partial charge < -0.3 is 4.74 Å². The van der Waals surface area contributed by atoms with Gasteiger partial charge in [0, 0.05) is 6.42 Å². The van der Waals surface area contributed by atoms with Gasteiger partial charge in [0.15, 0.2) is 0 Å². The lowest BCUT2D eigenvalue weighted by atomic mass is 9.94. The van der Waals surface area contributed by atoms with E-state index < -0.39 is 0 Å². The number of hydrogen-bond acceptors (Lipinski definition) is 2. The zero-order valence-corrected chi connectivity index (χ0v) is 23.3. The highest BCUT2D eigenvalue weighted by atomic mass is 16.5. The Hall–Kier alpha value is -0.530. The maximum atomic E-state index is 12.2. The van der Waals surface area contributed by atoms with Crippen LogP contribution >= 0.6 is 0 Å². The van der Waals surface area contributed by atoms with E-state index in [9.17, 15) is 4.79 Å². The van der Waals surface area contributed by atoms with Crippen LogP contribution in [0.4, 0.5) is 0 Å². The van der Waals surface area contributed by atoms with Crippen LogP contribution in [0.5, 0.6) is 0 Å². The zero-order chi connectivity index (χ0) is 24.2. The third-order valence-corrected chi connectivity index (χ3v) is 7.15. The molecule has 0 bridgehead atoms. The molecule has 1 atom stereocenters. The van der Waals surface area contributed by atoms with E-state index in [0.717, 1.165) is 6.42 Å². The van der Waals surface area contributed by atoms with Crippen molar-refractivity contribution in [1.29, 1.82) is 0 Å². The number of esters is 1. The molecule has 0 aromatic rings. The van der Waals surface area contributed by atoms with Crippen molar-refractivity contribution >= 4 is 5.97 Å². The van der Waals surface area contributed by atoms with Crippen LogP contribution < -0.4 is 0 Å². The van der Waals surface area contributed by atoms with Crippen molar-refractivity contribution in [2.45, 2.75) is 181 Å². The van der Waals surface area contributed by atoms with Crippen molar-refractivity contribution in [1.82, 2.24) is 0 Å². The van der Waals surface area contributed by atoms with Gasteiger partial charge in [-0.2, -0.15) is 0 Å². The highest BCUT2D eigenvalue weighted by molar-refractivity contribution is 5.69. The second-order valence-electron chi connectivity index (χ2n) is 10.6. The van der Waals surface area contributed by atoms with Crippen molar-refractivity contribution in [3.8, 4) is 0 Å². The second-order valence-corrected chi connectivity index (χ2v) is 10.6. The third-order valence-electron chi connectivity index (χ3n) is 7.15. The maximum absolute atomic E-state index is 12.2. The quantitative estimate of drug-likeness (QED) is 0.0888. The van der Waals surface area contributed by atoms with Crippen LogP contribution in [0.1, 0.15) is 181 Å². The van der Waals surface area contributed by atoms with Crippen LogP contribution in [0.25, 0.3) is 0 Å². The van der Waals surface area contributed by atoms with E-state index in [1.807, 2.05) is 0 Å². The summed E-state index contributed by atoms with van der Waals surface area (Å²) in [5.41, 5.74) is 0. The number of rotatable bonds is 27. The van der Waals surface area contributed by atoms with Gasteiger partial charge in [-0.25, -0.2) is 0 Å². The molecule has 0 aromatic heterocycles. The summed E-state index contributed by atoms with van der Waals surface area (Å²) in [6.45, 7) is 7.48. The Labute approximate surface area is 209 Å². The van der Waals surface area contributed by atoms with Crippen molar-refractivity contribution in [2.24, 2.45) is 5.92 Å². The van der Waals surface area contributed by atoms with E-state index >= 15 is 0 Å². The van der Waals surface area contributed by atoms with E-state index in [-0.39, 0.29) is 5.97 Å². The van der Waals surface area contributed by atoms with E-state index in [1.54, 1.807) is 0 Å². The largest absolute Gasteiger partial charge is 0.465 e. The molecule has 0 N–H and O–H groups in total. The standard InChI is InChI=1S/C31H62O2/c1-4-7-10-13-16-17-19-21-24-27-30(26-23-20-18-14-11-8-5-2)29-33-31(32)28-25-22-15-12-9-6-3/h30H,4-29H2,1-3H3. The molecule has 0 aliphatic carbocycles. The molecule has 0 saturated heterocycles. The topological polar surface area (TPSA) is 26.3 Å². The summed E-state index contributed by atoms with van der Waals surface area (Å²) in [4.78, 5) is 12.2. The molecule has 0 amide bonds. The van der Waals surface area contributed by atoms with Gasteiger partial charge in [0.2, 0.25) is 0 Å². The molecule has 0 saturated carbocycles. The fraction of sp³-hybridized carbons (Fsp3) is 0.968. The van der Waals surface area contributed by atoms with Crippen LogP contribution in [0.2, 0.25) is 0 Å². The molecule has 0 fully saturated rings. The van der Waals surface area contributed by atoms with Crippen LogP contribution in [0.15, 0.2) is 0 Å². The Morgan fingerprint density at radius 3 is 1.21 bits per heavy atom. The number of carbonyl (C=O) groups is 1. The summed E-state index contributed by atoms with van der Waals surface area (Å²) in [7, 11) is 0. The van der Waals surface area contributed by atoms with E-state index in [1.165, 1.54) is 148 Å². The molecule has 0 radical (unpaired) electrons. The zero-order valence-electron chi connectivity index (χ0n) is 23.3.